The van der Waals surface area contributed by atoms with Crippen molar-refractivity contribution >= 4 is 5.71 Å². The standard InChI is InChI=1S/C14H24N2O/c1-3-16(4-2)12-8-9-13-11(10-12)6-5-7-14(13)15-17/h12,17H,3-10H2,1-2H3. The average Bonchev–Trinajstić information content (AvgIpc) is 2.39. The lowest BCUT2D eigenvalue weighted by Crippen LogP contribution is -2.38. The fraction of sp³-hybridized carbons (Fsp3) is 0.786. The number of hydrogen-bond acceptors (Lipinski definition) is 3. The first-order valence-electron chi connectivity index (χ1n) is 6.96. The lowest BCUT2D eigenvalue weighted by atomic mass is 9.78. The molecule has 0 aromatic rings. The Morgan fingerprint density at radius 3 is 2.65 bits per heavy atom. The molecule has 0 aromatic heterocycles. The Balaban J connectivity index is 2.12. The molecule has 1 atom stereocenters. The number of hydrogen-bond donors (Lipinski definition) is 1. The molecule has 3 nitrogen and oxygen atoms in total. The Labute approximate surface area is 104 Å². The fourth-order valence-corrected chi connectivity index (χ4v) is 3.38. The third kappa shape index (κ3) is 2.54. The predicted octanol–water partition coefficient (Wildman–Crippen LogP) is 3.19. The van der Waals surface area contributed by atoms with Crippen molar-refractivity contribution in [2.45, 2.75) is 58.4 Å². The van der Waals surface area contributed by atoms with Crippen molar-refractivity contribution in [3.05, 3.63) is 11.1 Å². The summed E-state index contributed by atoms with van der Waals surface area (Å²) in [6.07, 6.45) is 6.85. The number of oxime groups is 1. The van der Waals surface area contributed by atoms with E-state index in [0.717, 1.165) is 38.1 Å². The molecule has 1 unspecified atom stereocenters. The van der Waals surface area contributed by atoms with Crippen LogP contribution in [0, 0.1) is 0 Å². The van der Waals surface area contributed by atoms with Crippen molar-refractivity contribution in [3.63, 3.8) is 0 Å². The molecular formula is C14H24N2O. The van der Waals surface area contributed by atoms with Gasteiger partial charge in [0.2, 0.25) is 0 Å². The van der Waals surface area contributed by atoms with Crippen LogP contribution in [0.5, 0.6) is 0 Å². The van der Waals surface area contributed by atoms with Gasteiger partial charge in [-0.15, -0.1) is 0 Å². The minimum absolute atomic E-state index is 0.710. The van der Waals surface area contributed by atoms with Gasteiger partial charge in [-0.1, -0.05) is 24.6 Å². The van der Waals surface area contributed by atoms with E-state index < -0.39 is 0 Å². The van der Waals surface area contributed by atoms with E-state index in [1.54, 1.807) is 5.57 Å². The van der Waals surface area contributed by atoms with Crippen molar-refractivity contribution in [1.29, 1.82) is 0 Å². The number of nitrogens with zero attached hydrogens (tertiary/aromatic N) is 2. The van der Waals surface area contributed by atoms with E-state index in [2.05, 4.69) is 23.9 Å². The van der Waals surface area contributed by atoms with Crippen LogP contribution in [0.2, 0.25) is 0 Å². The van der Waals surface area contributed by atoms with Gasteiger partial charge in [0, 0.05) is 6.04 Å². The van der Waals surface area contributed by atoms with Crippen LogP contribution in [0.25, 0.3) is 0 Å². The number of rotatable bonds is 3. The van der Waals surface area contributed by atoms with Crippen LogP contribution in [-0.4, -0.2) is 35.0 Å². The highest BCUT2D eigenvalue weighted by Crippen LogP contribution is 2.35. The van der Waals surface area contributed by atoms with Crippen molar-refractivity contribution < 1.29 is 5.21 Å². The summed E-state index contributed by atoms with van der Waals surface area (Å²) in [6.45, 7) is 6.78. The van der Waals surface area contributed by atoms with Gasteiger partial charge in [0.1, 0.15) is 0 Å². The minimum atomic E-state index is 0.710. The first-order chi connectivity index (χ1) is 8.30. The van der Waals surface area contributed by atoms with Crippen molar-refractivity contribution in [3.8, 4) is 0 Å². The molecule has 3 heteroatoms. The highest BCUT2D eigenvalue weighted by Gasteiger charge is 2.28. The molecule has 2 aliphatic rings. The van der Waals surface area contributed by atoms with Gasteiger partial charge in [-0.05, 0) is 57.2 Å². The first-order valence-corrected chi connectivity index (χ1v) is 6.96. The van der Waals surface area contributed by atoms with E-state index in [9.17, 15) is 0 Å². The summed E-state index contributed by atoms with van der Waals surface area (Å²) >= 11 is 0. The summed E-state index contributed by atoms with van der Waals surface area (Å²) in [5.41, 5.74) is 3.90. The van der Waals surface area contributed by atoms with Gasteiger partial charge < -0.3 is 10.1 Å². The minimum Gasteiger partial charge on any atom is -0.411 e. The quantitative estimate of drug-likeness (QED) is 0.603. The molecule has 96 valence electrons. The Morgan fingerprint density at radius 2 is 2.00 bits per heavy atom. The predicted molar refractivity (Wildman–Crippen MR) is 70.7 cm³/mol. The van der Waals surface area contributed by atoms with Crippen LogP contribution in [0.15, 0.2) is 16.3 Å². The monoisotopic (exact) mass is 236 g/mol. The SMILES string of the molecule is CCN(CC)C1CCC2=C(CCCC2=NO)C1. The summed E-state index contributed by atoms with van der Waals surface area (Å²) in [5.74, 6) is 0. The van der Waals surface area contributed by atoms with Gasteiger partial charge in [-0.2, -0.15) is 0 Å². The normalized spacial score (nSPS) is 27.7. The molecule has 0 fully saturated rings. The van der Waals surface area contributed by atoms with Crippen LogP contribution in [0.1, 0.15) is 52.4 Å². The molecular weight excluding hydrogens is 212 g/mol. The lowest BCUT2D eigenvalue weighted by molar-refractivity contribution is 0.197. The topological polar surface area (TPSA) is 35.8 Å². The van der Waals surface area contributed by atoms with E-state index in [1.165, 1.54) is 24.8 Å². The third-order valence-corrected chi connectivity index (χ3v) is 4.33. The second kappa shape index (κ2) is 5.67. The Morgan fingerprint density at radius 1 is 1.24 bits per heavy atom. The smallest absolute Gasteiger partial charge is 0.0827 e. The highest BCUT2D eigenvalue weighted by atomic mass is 16.4. The van der Waals surface area contributed by atoms with E-state index in [1.807, 2.05) is 0 Å². The zero-order valence-electron chi connectivity index (χ0n) is 11.1. The largest absolute Gasteiger partial charge is 0.411 e. The first kappa shape index (κ1) is 12.6. The van der Waals surface area contributed by atoms with Gasteiger partial charge in [0.15, 0.2) is 0 Å². The van der Waals surface area contributed by atoms with Crippen LogP contribution >= 0.6 is 0 Å². The van der Waals surface area contributed by atoms with E-state index in [4.69, 9.17) is 5.21 Å². The van der Waals surface area contributed by atoms with Crippen LogP contribution in [0.4, 0.5) is 0 Å². The molecule has 2 rings (SSSR count). The van der Waals surface area contributed by atoms with Crippen molar-refractivity contribution in [2.24, 2.45) is 5.16 Å². The van der Waals surface area contributed by atoms with Crippen LogP contribution < -0.4 is 0 Å². The summed E-state index contributed by atoms with van der Waals surface area (Å²) in [7, 11) is 0. The van der Waals surface area contributed by atoms with Gasteiger partial charge >= 0.3 is 0 Å². The Kier molecular flexibility index (Phi) is 4.21. The maximum absolute atomic E-state index is 9.04. The van der Waals surface area contributed by atoms with Crippen molar-refractivity contribution in [1.82, 2.24) is 4.90 Å². The third-order valence-electron chi connectivity index (χ3n) is 4.33. The summed E-state index contributed by atoms with van der Waals surface area (Å²) in [4.78, 5) is 2.56. The Hall–Kier alpha value is -0.830. The molecule has 0 bridgehead atoms. The van der Waals surface area contributed by atoms with E-state index in [-0.39, 0.29) is 0 Å². The summed E-state index contributed by atoms with van der Waals surface area (Å²) in [6, 6.07) is 0.710. The maximum atomic E-state index is 9.04. The summed E-state index contributed by atoms with van der Waals surface area (Å²) in [5, 5.41) is 12.5. The van der Waals surface area contributed by atoms with Crippen LogP contribution in [0.3, 0.4) is 0 Å². The molecule has 0 saturated heterocycles. The lowest BCUT2D eigenvalue weighted by Gasteiger charge is -2.36. The molecule has 0 saturated carbocycles. The molecule has 2 aliphatic carbocycles. The van der Waals surface area contributed by atoms with Crippen LogP contribution in [-0.2, 0) is 0 Å². The second-order valence-electron chi connectivity index (χ2n) is 5.10. The zero-order chi connectivity index (χ0) is 12.3. The molecule has 0 amide bonds. The molecule has 0 radical (unpaired) electrons. The fourth-order valence-electron chi connectivity index (χ4n) is 3.38. The zero-order valence-corrected chi connectivity index (χ0v) is 11.1. The second-order valence-corrected chi connectivity index (χ2v) is 5.10. The van der Waals surface area contributed by atoms with Gasteiger partial charge in [0.05, 0.1) is 5.71 Å². The molecule has 0 heterocycles. The molecule has 1 N–H and O–H groups in total. The van der Waals surface area contributed by atoms with E-state index in [0.29, 0.717) is 6.04 Å². The van der Waals surface area contributed by atoms with Gasteiger partial charge in [0.25, 0.3) is 0 Å². The molecule has 0 spiro atoms. The highest BCUT2D eigenvalue weighted by molar-refractivity contribution is 6.01. The number of allylic oxidation sites excluding steroid dienone is 1. The average molecular weight is 236 g/mol. The maximum Gasteiger partial charge on any atom is 0.0827 e. The molecule has 0 aliphatic heterocycles. The summed E-state index contributed by atoms with van der Waals surface area (Å²) < 4.78 is 0. The Bertz CT molecular complexity index is 329. The van der Waals surface area contributed by atoms with Gasteiger partial charge in [-0.3, -0.25) is 0 Å². The molecule has 0 aromatic carbocycles. The van der Waals surface area contributed by atoms with Crippen molar-refractivity contribution in [2.75, 3.05) is 13.1 Å². The molecule has 17 heavy (non-hydrogen) atoms. The van der Waals surface area contributed by atoms with Gasteiger partial charge in [-0.25, -0.2) is 0 Å². The van der Waals surface area contributed by atoms with E-state index >= 15 is 0 Å².